The Balaban J connectivity index is 2.24. The lowest BCUT2D eigenvalue weighted by Crippen LogP contribution is -2.64. The molecule has 2 heterocycles. The predicted octanol–water partition coefficient (Wildman–Crippen LogP) is 1.63. The van der Waals surface area contributed by atoms with Crippen LogP contribution in [0.5, 0.6) is 0 Å². The summed E-state index contributed by atoms with van der Waals surface area (Å²) < 4.78 is 5.19. The first-order chi connectivity index (χ1) is 9.97. The van der Waals surface area contributed by atoms with Crippen molar-refractivity contribution in [2.45, 2.75) is 59.2 Å². The largest absolute Gasteiger partial charge is 0.359 e. The van der Waals surface area contributed by atoms with Crippen molar-refractivity contribution in [3.8, 4) is 0 Å². The average molecular weight is 293 g/mol. The predicted molar refractivity (Wildman–Crippen MR) is 77.3 cm³/mol. The molecule has 0 bridgehead atoms. The summed E-state index contributed by atoms with van der Waals surface area (Å²) in [6.45, 7) is 8.02. The molecule has 0 aromatic carbocycles. The number of amides is 2. The monoisotopic (exact) mass is 293 g/mol. The van der Waals surface area contributed by atoms with Gasteiger partial charge >= 0.3 is 0 Å². The molecule has 0 aliphatic carbocycles. The van der Waals surface area contributed by atoms with Crippen LogP contribution in [0.4, 0.5) is 0 Å². The molecule has 0 radical (unpaired) electrons. The van der Waals surface area contributed by atoms with Gasteiger partial charge in [-0.15, -0.1) is 0 Å². The quantitative estimate of drug-likeness (QED) is 0.895. The second-order valence-corrected chi connectivity index (χ2v) is 5.70. The summed E-state index contributed by atoms with van der Waals surface area (Å²) in [6.07, 6.45) is 1.42. The van der Waals surface area contributed by atoms with Crippen LogP contribution in [0.25, 0.3) is 0 Å². The van der Waals surface area contributed by atoms with Gasteiger partial charge in [-0.2, -0.15) is 0 Å². The molecular formula is C15H23N3O3. The molecule has 1 aromatic heterocycles. The van der Waals surface area contributed by atoms with E-state index in [9.17, 15) is 9.59 Å². The van der Waals surface area contributed by atoms with Gasteiger partial charge in [0.25, 0.3) is 0 Å². The van der Waals surface area contributed by atoms with Crippen LogP contribution in [-0.4, -0.2) is 34.0 Å². The Morgan fingerprint density at radius 2 is 2.14 bits per heavy atom. The molecule has 1 fully saturated rings. The molecule has 0 spiro atoms. The molecule has 3 unspecified atom stereocenters. The van der Waals surface area contributed by atoms with Crippen LogP contribution < -0.4 is 5.32 Å². The van der Waals surface area contributed by atoms with Gasteiger partial charge in [-0.3, -0.25) is 9.59 Å². The lowest BCUT2D eigenvalue weighted by Gasteiger charge is -2.40. The van der Waals surface area contributed by atoms with E-state index in [1.165, 1.54) is 0 Å². The highest BCUT2D eigenvalue weighted by Crippen LogP contribution is 2.21. The van der Waals surface area contributed by atoms with Crippen molar-refractivity contribution in [1.29, 1.82) is 0 Å². The van der Waals surface area contributed by atoms with Crippen molar-refractivity contribution in [2.24, 2.45) is 5.92 Å². The Labute approximate surface area is 124 Å². The zero-order chi connectivity index (χ0) is 15.6. The summed E-state index contributed by atoms with van der Waals surface area (Å²) in [5, 5.41) is 6.70. The molecule has 2 amide bonds. The highest BCUT2D eigenvalue weighted by molar-refractivity contribution is 5.97. The van der Waals surface area contributed by atoms with Crippen molar-refractivity contribution >= 4 is 11.8 Å². The summed E-state index contributed by atoms with van der Waals surface area (Å²) in [5.74, 6) is 0.596. The number of aryl methyl sites for hydroxylation is 1. The van der Waals surface area contributed by atoms with Gasteiger partial charge in [0.1, 0.15) is 12.1 Å². The fourth-order valence-corrected chi connectivity index (χ4v) is 2.66. The van der Waals surface area contributed by atoms with Gasteiger partial charge in [-0.1, -0.05) is 32.3 Å². The van der Waals surface area contributed by atoms with Gasteiger partial charge in [-0.05, 0) is 19.3 Å². The van der Waals surface area contributed by atoms with Crippen LogP contribution in [-0.2, 0) is 16.1 Å². The van der Waals surface area contributed by atoms with E-state index in [0.29, 0.717) is 18.7 Å². The maximum atomic E-state index is 12.7. The Kier molecular flexibility index (Phi) is 4.65. The average Bonchev–Trinajstić information content (AvgIpc) is 2.87. The fraction of sp³-hybridized carbons (Fsp3) is 0.667. The molecule has 0 saturated carbocycles. The maximum Gasteiger partial charge on any atom is 0.246 e. The smallest absolute Gasteiger partial charge is 0.246 e. The molecular weight excluding hydrogens is 270 g/mol. The highest BCUT2D eigenvalue weighted by atomic mass is 16.5. The van der Waals surface area contributed by atoms with Crippen LogP contribution in [0.1, 0.15) is 45.1 Å². The lowest BCUT2D eigenvalue weighted by molar-refractivity contribution is -0.152. The Morgan fingerprint density at radius 3 is 2.67 bits per heavy atom. The van der Waals surface area contributed by atoms with E-state index >= 15 is 0 Å². The molecule has 1 saturated heterocycles. The first kappa shape index (κ1) is 15.5. The summed E-state index contributed by atoms with van der Waals surface area (Å²) in [7, 11) is 0. The number of carbonyl (C=O) groups excluding carboxylic acids is 2. The summed E-state index contributed by atoms with van der Waals surface area (Å²) in [6, 6.07) is 0.905. The molecule has 2 rings (SSSR count). The number of rotatable bonds is 5. The van der Waals surface area contributed by atoms with E-state index < -0.39 is 12.1 Å². The third-order valence-corrected chi connectivity index (χ3v) is 4.13. The SMILES string of the molecule is CCC(C)C1NC(=O)C(CC)N(Cc2cc(C)no2)C1=O. The third kappa shape index (κ3) is 3.09. The Hall–Kier alpha value is -1.85. The topological polar surface area (TPSA) is 75.4 Å². The van der Waals surface area contributed by atoms with Gasteiger partial charge in [0.2, 0.25) is 11.8 Å². The van der Waals surface area contributed by atoms with E-state index in [1.807, 2.05) is 27.7 Å². The number of hydrogen-bond acceptors (Lipinski definition) is 4. The molecule has 116 valence electrons. The van der Waals surface area contributed by atoms with E-state index in [0.717, 1.165) is 12.1 Å². The van der Waals surface area contributed by atoms with Crippen molar-refractivity contribution in [3.63, 3.8) is 0 Å². The number of nitrogens with zero attached hydrogens (tertiary/aromatic N) is 2. The first-order valence-corrected chi connectivity index (χ1v) is 7.50. The summed E-state index contributed by atoms with van der Waals surface area (Å²) in [4.78, 5) is 26.6. The highest BCUT2D eigenvalue weighted by Gasteiger charge is 2.41. The second-order valence-electron chi connectivity index (χ2n) is 5.70. The van der Waals surface area contributed by atoms with E-state index in [2.05, 4.69) is 10.5 Å². The molecule has 1 aromatic rings. The second kappa shape index (κ2) is 6.28. The van der Waals surface area contributed by atoms with Gasteiger partial charge in [-0.25, -0.2) is 0 Å². The van der Waals surface area contributed by atoms with E-state index in [1.54, 1.807) is 11.0 Å². The summed E-state index contributed by atoms with van der Waals surface area (Å²) >= 11 is 0. The Bertz CT molecular complexity index is 526. The molecule has 1 N–H and O–H groups in total. The van der Waals surface area contributed by atoms with Crippen LogP contribution in [0.15, 0.2) is 10.6 Å². The summed E-state index contributed by atoms with van der Waals surface area (Å²) in [5.41, 5.74) is 0.769. The number of nitrogens with one attached hydrogen (secondary N) is 1. The number of aromatic nitrogens is 1. The molecule has 1 aliphatic rings. The minimum atomic E-state index is -0.450. The normalized spacial score (nSPS) is 24.1. The number of hydrogen-bond donors (Lipinski definition) is 1. The van der Waals surface area contributed by atoms with Crippen LogP contribution in [0, 0.1) is 12.8 Å². The molecule has 3 atom stereocenters. The minimum Gasteiger partial charge on any atom is -0.359 e. The van der Waals surface area contributed by atoms with Crippen molar-refractivity contribution in [1.82, 2.24) is 15.4 Å². The van der Waals surface area contributed by atoms with E-state index in [4.69, 9.17) is 4.52 Å². The first-order valence-electron chi connectivity index (χ1n) is 7.50. The number of piperazine rings is 1. The fourth-order valence-electron chi connectivity index (χ4n) is 2.66. The van der Waals surface area contributed by atoms with E-state index in [-0.39, 0.29) is 17.7 Å². The molecule has 1 aliphatic heterocycles. The van der Waals surface area contributed by atoms with Crippen molar-refractivity contribution < 1.29 is 14.1 Å². The van der Waals surface area contributed by atoms with Crippen molar-refractivity contribution in [2.75, 3.05) is 0 Å². The van der Waals surface area contributed by atoms with Gasteiger partial charge in [0, 0.05) is 6.07 Å². The third-order valence-electron chi connectivity index (χ3n) is 4.13. The zero-order valence-corrected chi connectivity index (χ0v) is 13.0. The van der Waals surface area contributed by atoms with Gasteiger partial charge in [0.15, 0.2) is 5.76 Å². The molecule has 21 heavy (non-hydrogen) atoms. The van der Waals surface area contributed by atoms with Gasteiger partial charge in [0.05, 0.1) is 12.2 Å². The Morgan fingerprint density at radius 1 is 1.43 bits per heavy atom. The van der Waals surface area contributed by atoms with Crippen LogP contribution in [0.3, 0.4) is 0 Å². The van der Waals surface area contributed by atoms with Crippen LogP contribution in [0.2, 0.25) is 0 Å². The standard InChI is InChI=1S/C15H23N3O3/c1-5-9(3)13-15(20)18(12(6-2)14(19)16-13)8-11-7-10(4)17-21-11/h7,9,12-13H,5-6,8H2,1-4H3,(H,16,19). The zero-order valence-electron chi connectivity index (χ0n) is 13.0. The number of carbonyl (C=O) groups is 2. The minimum absolute atomic E-state index is 0.0372. The van der Waals surface area contributed by atoms with Gasteiger partial charge < -0.3 is 14.7 Å². The lowest BCUT2D eigenvalue weighted by atomic mass is 9.93. The molecule has 6 nitrogen and oxygen atoms in total. The van der Waals surface area contributed by atoms with Crippen LogP contribution >= 0.6 is 0 Å². The molecule has 6 heteroatoms. The van der Waals surface area contributed by atoms with Crippen molar-refractivity contribution in [3.05, 3.63) is 17.5 Å². The maximum absolute atomic E-state index is 12.7.